The van der Waals surface area contributed by atoms with Crippen LogP contribution in [0.15, 0.2) is 24.3 Å². The molecule has 2 N–H and O–H groups in total. The molecule has 1 atom stereocenters. The molecule has 0 aliphatic heterocycles. The highest BCUT2D eigenvalue weighted by molar-refractivity contribution is 5.84. The first-order valence-corrected chi connectivity index (χ1v) is 5.38. The Balaban J connectivity index is 2.38. The van der Waals surface area contributed by atoms with Crippen LogP contribution < -0.4 is 0 Å². The molecule has 3 nitrogen and oxygen atoms in total. The molecule has 0 fully saturated rings. The zero-order valence-corrected chi connectivity index (χ0v) is 9.45. The number of hydrogen-bond acceptors (Lipinski definition) is 1. The summed E-state index contributed by atoms with van der Waals surface area (Å²) in [6.45, 7) is 3.76. The maximum atomic E-state index is 10.8. The Morgan fingerprint density at radius 1 is 1.44 bits per heavy atom. The predicted molar refractivity (Wildman–Crippen MR) is 63.5 cm³/mol. The van der Waals surface area contributed by atoms with Crippen LogP contribution in [0, 0.1) is 12.8 Å². The molecule has 0 saturated carbocycles. The van der Waals surface area contributed by atoms with Gasteiger partial charge in [0.1, 0.15) is 0 Å². The molecule has 1 aromatic heterocycles. The van der Waals surface area contributed by atoms with Gasteiger partial charge in [-0.25, -0.2) is 0 Å². The quantitative estimate of drug-likeness (QED) is 0.830. The van der Waals surface area contributed by atoms with E-state index in [-0.39, 0.29) is 5.92 Å². The molecule has 0 aliphatic carbocycles. The molecular weight excluding hydrogens is 202 g/mol. The highest BCUT2D eigenvalue weighted by Gasteiger charge is 2.15. The third kappa shape index (κ3) is 1.81. The Morgan fingerprint density at radius 3 is 2.75 bits per heavy atom. The molecule has 1 aromatic carbocycles. The summed E-state index contributed by atoms with van der Waals surface area (Å²) in [5, 5.41) is 10.1. The van der Waals surface area contributed by atoms with Gasteiger partial charge >= 0.3 is 5.97 Å². The van der Waals surface area contributed by atoms with E-state index in [0.29, 0.717) is 6.42 Å². The van der Waals surface area contributed by atoms with Crippen molar-refractivity contribution in [2.75, 3.05) is 0 Å². The smallest absolute Gasteiger partial charge is 0.306 e. The molecule has 0 amide bonds. The number of aromatic nitrogens is 1. The van der Waals surface area contributed by atoms with Gasteiger partial charge in [-0.15, -0.1) is 0 Å². The normalized spacial score (nSPS) is 12.9. The largest absolute Gasteiger partial charge is 0.481 e. The molecule has 3 heteroatoms. The number of carboxylic acids is 1. The Hall–Kier alpha value is -1.77. The number of carbonyl (C=O) groups is 1. The van der Waals surface area contributed by atoms with E-state index >= 15 is 0 Å². The number of H-pyrrole nitrogens is 1. The Labute approximate surface area is 94.1 Å². The number of hydrogen-bond donors (Lipinski definition) is 2. The number of aryl methyl sites for hydroxylation is 1. The average molecular weight is 217 g/mol. The van der Waals surface area contributed by atoms with Crippen molar-refractivity contribution < 1.29 is 9.90 Å². The zero-order chi connectivity index (χ0) is 11.7. The average Bonchev–Trinajstić information content (AvgIpc) is 2.56. The first-order chi connectivity index (χ1) is 7.59. The Morgan fingerprint density at radius 2 is 2.12 bits per heavy atom. The number of benzene rings is 1. The van der Waals surface area contributed by atoms with Crippen molar-refractivity contribution in [2.24, 2.45) is 5.92 Å². The summed E-state index contributed by atoms with van der Waals surface area (Å²) in [5.74, 6) is -1.11. The van der Waals surface area contributed by atoms with E-state index in [2.05, 4.69) is 11.1 Å². The molecule has 0 radical (unpaired) electrons. The fourth-order valence-corrected chi connectivity index (χ4v) is 1.94. The van der Waals surface area contributed by atoms with E-state index in [1.807, 2.05) is 25.1 Å². The minimum Gasteiger partial charge on any atom is -0.481 e. The highest BCUT2D eigenvalue weighted by atomic mass is 16.4. The molecule has 84 valence electrons. The second-order valence-corrected chi connectivity index (χ2v) is 4.22. The van der Waals surface area contributed by atoms with Crippen LogP contribution in [0.3, 0.4) is 0 Å². The summed E-state index contributed by atoms with van der Waals surface area (Å²) in [7, 11) is 0. The van der Waals surface area contributed by atoms with Crippen molar-refractivity contribution in [3.63, 3.8) is 0 Å². The fourth-order valence-electron chi connectivity index (χ4n) is 1.94. The van der Waals surface area contributed by atoms with E-state index in [0.717, 1.165) is 16.8 Å². The van der Waals surface area contributed by atoms with Crippen LogP contribution in [0.4, 0.5) is 0 Å². The second kappa shape index (κ2) is 4.00. The summed E-state index contributed by atoms with van der Waals surface area (Å²) in [6, 6.07) is 8.03. The molecule has 0 bridgehead atoms. The molecule has 0 saturated heterocycles. The van der Waals surface area contributed by atoms with Crippen molar-refractivity contribution in [2.45, 2.75) is 20.3 Å². The van der Waals surface area contributed by atoms with E-state index in [9.17, 15) is 4.79 Å². The molecule has 0 aliphatic rings. The van der Waals surface area contributed by atoms with E-state index < -0.39 is 5.97 Å². The Bertz CT molecular complexity index is 528. The van der Waals surface area contributed by atoms with Crippen LogP contribution in [0.1, 0.15) is 18.2 Å². The molecule has 16 heavy (non-hydrogen) atoms. The first kappa shape index (κ1) is 10.7. The van der Waals surface area contributed by atoms with Crippen molar-refractivity contribution in [1.82, 2.24) is 4.98 Å². The fraction of sp³-hybridized carbons (Fsp3) is 0.308. The minimum absolute atomic E-state index is 0.355. The monoisotopic (exact) mass is 217 g/mol. The van der Waals surface area contributed by atoms with Gasteiger partial charge < -0.3 is 10.1 Å². The van der Waals surface area contributed by atoms with E-state index in [1.54, 1.807) is 6.92 Å². The standard InChI is InChI=1S/C13H15NO2/c1-8(13(15)16)7-12-9(2)10-5-3-4-6-11(10)14-12/h3-6,8,14H,7H2,1-2H3,(H,15,16). The van der Waals surface area contributed by atoms with Gasteiger partial charge in [-0.05, 0) is 18.6 Å². The highest BCUT2D eigenvalue weighted by Crippen LogP contribution is 2.23. The van der Waals surface area contributed by atoms with Gasteiger partial charge in [-0.3, -0.25) is 4.79 Å². The van der Waals surface area contributed by atoms with Gasteiger partial charge in [-0.1, -0.05) is 25.1 Å². The lowest BCUT2D eigenvalue weighted by molar-refractivity contribution is -0.141. The van der Waals surface area contributed by atoms with Crippen LogP contribution >= 0.6 is 0 Å². The number of fused-ring (bicyclic) bond motifs is 1. The van der Waals surface area contributed by atoms with Gasteiger partial charge in [0.25, 0.3) is 0 Å². The van der Waals surface area contributed by atoms with Crippen molar-refractivity contribution in [3.8, 4) is 0 Å². The summed E-state index contributed by atoms with van der Waals surface area (Å²) in [4.78, 5) is 14.1. The molecule has 1 heterocycles. The van der Waals surface area contributed by atoms with Gasteiger partial charge in [0.05, 0.1) is 5.92 Å². The number of nitrogens with one attached hydrogen (secondary N) is 1. The predicted octanol–water partition coefficient (Wildman–Crippen LogP) is 2.74. The van der Waals surface area contributed by atoms with Crippen molar-refractivity contribution >= 4 is 16.9 Å². The first-order valence-electron chi connectivity index (χ1n) is 5.38. The summed E-state index contributed by atoms with van der Waals surface area (Å²) in [6.07, 6.45) is 0.551. The summed E-state index contributed by atoms with van der Waals surface area (Å²) in [5.41, 5.74) is 3.26. The number of rotatable bonds is 3. The van der Waals surface area contributed by atoms with E-state index in [1.165, 1.54) is 5.39 Å². The molecule has 2 aromatic rings. The number of para-hydroxylation sites is 1. The number of aromatic amines is 1. The number of aliphatic carboxylic acids is 1. The lowest BCUT2D eigenvalue weighted by Gasteiger charge is -2.04. The number of carboxylic acid groups (broad SMARTS) is 1. The third-order valence-corrected chi connectivity index (χ3v) is 3.00. The van der Waals surface area contributed by atoms with Crippen LogP contribution in [0.2, 0.25) is 0 Å². The maximum absolute atomic E-state index is 10.8. The van der Waals surface area contributed by atoms with Crippen LogP contribution in [0.5, 0.6) is 0 Å². The molecular formula is C13H15NO2. The lowest BCUT2D eigenvalue weighted by atomic mass is 10.0. The second-order valence-electron chi connectivity index (χ2n) is 4.22. The molecule has 2 rings (SSSR count). The molecule has 0 spiro atoms. The van der Waals surface area contributed by atoms with E-state index in [4.69, 9.17) is 5.11 Å². The molecule has 1 unspecified atom stereocenters. The third-order valence-electron chi connectivity index (χ3n) is 3.00. The summed E-state index contributed by atoms with van der Waals surface area (Å²) >= 11 is 0. The Kier molecular flexibility index (Phi) is 2.69. The van der Waals surface area contributed by atoms with Gasteiger partial charge in [0.2, 0.25) is 0 Å². The maximum Gasteiger partial charge on any atom is 0.306 e. The van der Waals surface area contributed by atoms with Gasteiger partial charge in [0.15, 0.2) is 0 Å². The van der Waals surface area contributed by atoms with Crippen molar-refractivity contribution in [1.29, 1.82) is 0 Å². The van der Waals surface area contributed by atoms with Gasteiger partial charge in [0, 0.05) is 23.0 Å². The lowest BCUT2D eigenvalue weighted by Crippen LogP contribution is -2.12. The SMILES string of the molecule is Cc1c(CC(C)C(=O)O)[nH]c2ccccc12. The van der Waals surface area contributed by atoms with Gasteiger partial charge in [-0.2, -0.15) is 0 Å². The van der Waals surface area contributed by atoms with Crippen LogP contribution in [-0.4, -0.2) is 16.1 Å². The summed E-state index contributed by atoms with van der Waals surface area (Å²) < 4.78 is 0. The van der Waals surface area contributed by atoms with Crippen LogP contribution in [-0.2, 0) is 11.2 Å². The van der Waals surface area contributed by atoms with Crippen LogP contribution in [0.25, 0.3) is 10.9 Å². The van der Waals surface area contributed by atoms with Crippen molar-refractivity contribution in [3.05, 3.63) is 35.5 Å². The topological polar surface area (TPSA) is 53.1 Å². The minimum atomic E-state index is -0.752. The zero-order valence-electron chi connectivity index (χ0n) is 9.45.